The van der Waals surface area contributed by atoms with Gasteiger partial charge in [-0.25, -0.2) is 0 Å². The predicted octanol–water partition coefficient (Wildman–Crippen LogP) is 3.61. The fourth-order valence-electron chi connectivity index (χ4n) is 3.98. The molecule has 0 unspecified atom stereocenters. The highest BCUT2D eigenvalue weighted by Crippen LogP contribution is 2.32. The summed E-state index contributed by atoms with van der Waals surface area (Å²) in [5, 5.41) is 11.8. The number of nitrogens with one attached hydrogen (secondary N) is 1. The van der Waals surface area contributed by atoms with Crippen molar-refractivity contribution < 1.29 is 19.1 Å². The summed E-state index contributed by atoms with van der Waals surface area (Å²) in [5.74, 6) is 1.62. The number of rotatable bonds is 7. The number of hydrogen-bond acceptors (Lipinski definition) is 7. The van der Waals surface area contributed by atoms with E-state index in [1.165, 1.54) is 11.8 Å². The van der Waals surface area contributed by atoms with Crippen molar-refractivity contribution in [3.8, 4) is 17.6 Å². The number of para-hydroxylation sites is 1. The molecule has 2 aromatic rings. The summed E-state index contributed by atoms with van der Waals surface area (Å²) in [6.07, 6.45) is 1.43. The van der Waals surface area contributed by atoms with Gasteiger partial charge in [-0.15, -0.1) is 11.8 Å². The Kier molecular flexibility index (Phi) is 7.30. The smallest absolute Gasteiger partial charge is 0.238 e. The van der Waals surface area contributed by atoms with E-state index < -0.39 is 0 Å². The maximum atomic E-state index is 13.0. The number of ketones is 1. The van der Waals surface area contributed by atoms with Crippen LogP contribution in [0.5, 0.6) is 11.5 Å². The zero-order valence-electron chi connectivity index (χ0n) is 17.7. The first-order valence-corrected chi connectivity index (χ1v) is 11.7. The minimum atomic E-state index is -0.0911. The topological polar surface area (TPSA) is 91.7 Å². The van der Waals surface area contributed by atoms with Crippen LogP contribution >= 0.6 is 11.8 Å². The number of likely N-dealkylation sites (tertiary alicyclic amines) is 1. The molecular weight excluding hydrogens is 426 g/mol. The molecule has 0 aliphatic carbocycles. The van der Waals surface area contributed by atoms with Crippen LogP contribution in [-0.4, -0.2) is 55.2 Å². The predicted molar refractivity (Wildman–Crippen MR) is 122 cm³/mol. The second-order valence-electron chi connectivity index (χ2n) is 7.76. The van der Waals surface area contributed by atoms with Crippen molar-refractivity contribution in [3.63, 3.8) is 0 Å². The number of carbonyl (C=O) groups is 2. The molecule has 8 heteroatoms. The van der Waals surface area contributed by atoms with Crippen molar-refractivity contribution >= 4 is 29.1 Å². The molecule has 1 fully saturated rings. The molecule has 0 aromatic heterocycles. The molecule has 2 heterocycles. The fraction of sp³-hybridized carbons (Fsp3) is 0.375. The Morgan fingerprint density at radius 2 is 1.84 bits per heavy atom. The number of nitriles is 1. The summed E-state index contributed by atoms with van der Waals surface area (Å²) < 4.78 is 11.1. The van der Waals surface area contributed by atoms with E-state index in [9.17, 15) is 9.59 Å². The second kappa shape index (κ2) is 10.5. The van der Waals surface area contributed by atoms with Gasteiger partial charge in [-0.1, -0.05) is 12.1 Å². The van der Waals surface area contributed by atoms with Crippen LogP contribution in [0.3, 0.4) is 0 Å². The average Bonchev–Trinajstić information content (AvgIpc) is 2.83. The first kappa shape index (κ1) is 22.2. The van der Waals surface area contributed by atoms with Crippen molar-refractivity contribution in [3.05, 3.63) is 48.0 Å². The number of thioether (sulfide) groups is 1. The number of benzene rings is 2. The lowest BCUT2D eigenvalue weighted by molar-refractivity contribution is -0.117. The normalized spacial score (nSPS) is 16.2. The van der Waals surface area contributed by atoms with E-state index in [4.69, 9.17) is 14.7 Å². The molecule has 1 N–H and O–H groups in total. The summed E-state index contributed by atoms with van der Waals surface area (Å²) in [7, 11) is 0. The zero-order chi connectivity index (χ0) is 22.3. The molecule has 0 saturated carbocycles. The number of fused-ring (bicyclic) bond motifs is 1. The lowest BCUT2D eigenvalue weighted by Gasteiger charge is -2.31. The quantitative estimate of drug-likeness (QED) is 0.508. The van der Waals surface area contributed by atoms with E-state index in [1.807, 2.05) is 24.3 Å². The van der Waals surface area contributed by atoms with Gasteiger partial charge < -0.3 is 14.8 Å². The number of piperidine rings is 1. The Bertz CT molecular complexity index is 1030. The molecule has 7 nitrogen and oxygen atoms in total. The number of ether oxygens (including phenoxy) is 2. The van der Waals surface area contributed by atoms with Crippen molar-refractivity contribution in [1.82, 2.24) is 4.90 Å². The minimum Gasteiger partial charge on any atom is -0.486 e. The Balaban J connectivity index is 1.28. The number of Topliss-reactive ketones (excluding diaryl/α,β-unsaturated/α-hetero) is 1. The third-order valence-corrected chi connectivity index (χ3v) is 6.55. The fourth-order valence-corrected chi connectivity index (χ4v) is 4.65. The first-order valence-electron chi connectivity index (χ1n) is 10.7. The molecule has 2 aliphatic rings. The van der Waals surface area contributed by atoms with Gasteiger partial charge in [-0.2, -0.15) is 5.26 Å². The minimum absolute atomic E-state index is 0.0556. The van der Waals surface area contributed by atoms with Crippen LogP contribution in [0.4, 0.5) is 5.69 Å². The highest BCUT2D eigenvalue weighted by Gasteiger charge is 2.27. The van der Waals surface area contributed by atoms with Crippen LogP contribution in [0.1, 0.15) is 23.2 Å². The monoisotopic (exact) mass is 451 g/mol. The van der Waals surface area contributed by atoms with E-state index in [0.29, 0.717) is 49.1 Å². The third-order valence-electron chi connectivity index (χ3n) is 5.61. The second-order valence-corrected chi connectivity index (χ2v) is 8.78. The van der Waals surface area contributed by atoms with Crippen LogP contribution in [0, 0.1) is 17.2 Å². The molecule has 0 atom stereocenters. The van der Waals surface area contributed by atoms with E-state index in [0.717, 1.165) is 23.4 Å². The summed E-state index contributed by atoms with van der Waals surface area (Å²) >= 11 is 1.40. The van der Waals surface area contributed by atoms with E-state index in [-0.39, 0.29) is 24.2 Å². The molecule has 0 radical (unpaired) electrons. The van der Waals surface area contributed by atoms with Crippen LogP contribution in [0.2, 0.25) is 0 Å². The highest BCUT2D eigenvalue weighted by molar-refractivity contribution is 7.99. The number of nitrogens with zero attached hydrogens (tertiary/aromatic N) is 2. The Hall–Kier alpha value is -3.02. The Labute approximate surface area is 191 Å². The number of amides is 1. The summed E-state index contributed by atoms with van der Waals surface area (Å²) in [5.41, 5.74) is 1.37. The van der Waals surface area contributed by atoms with E-state index >= 15 is 0 Å². The SMILES string of the molecule is N#CCSc1ccccc1NC(=O)CN1CCC(C(=O)c2ccc3c(c2)OCCO3)CC1. The molecule has 0 bridgehead atoms. The molecule has 4 rings (SSSR count). The number of hydrogen-bond donors (Lipinski definition) is 1. The summed E-state index contributed by atoms with van der Waals surface area (Å²) in [6.45, 7) is 2.68. The van der Waals surface area contributed by atoms with Crippen LogP contribution in [0.15, 0.2) is 47.4 Å². The maximum Gasteiger partial charge on any atom is 0.238 e. The van der Waals surface area contributed by atoms with Crippen LogP contribution in [-0.2, 0) is 4.79 Å². The average molecular weight is 452 g/mol. The van der Waals surface area contributed by atoms with Gasteiger partial charge in [0.1, 0.15) is 13.2 Å². The largest absolute Gasteiger partial charge is 0.486 e. The van der Waals surface area contributed by atoms with Gasteiger partial charge in [0.15, 0.2) is 17.3 Å². The van der Waals surface area contributed by atoms with Crippen LogP contribution in [0.25, 0.3) is 0 Å². The number of carbonyl (C=O) groups excluding carboxylic acids is 2. The highest BCUT2D eigenvalue weighted by atomic mass is 32.2. The van der Waals surface area contributed by atoms with Crippen molar-refractivity contribution in [2.24, 2.45) is 5.92 Å². The lowest BCUT2D eigenvalue weighted by atomic mass is 9.88. The summed E-state index contributed by atoms with van der Waals surface area (Å²) in [6, 6.07) is 15.0. The van der Waals surface area contributed by atoms with E-state index in [2.05, 4.69) is 16.3 Å². The van der Waals surface area contributed by atoms with Crippen molar-refractivity contribution in [2.45, 2.75) is 17.7 Å². The molecule has 1 saturated heterocycles. The molecule has 0 spiro atoms. The standard InChI is InChI=1S/C24H25N3O4S/c25-9-14-32-22-4-2-1-3-19(22)26-23(28)16-27-10-7-17(8-11-27)24(29)18-5-6-20-21(15-18)31-13-12-30-20/h1-6,15,17H,7-8,10-14,16H2,(H,26,28). The van der Waals surface area contributed by atoms with Gasteiger partial charge >= 0.3 is 0 Å². The number of anilines is 1. The van der Waals surface area contributed by atoms with Crippen LogP contribution < -0.4 is 14.8 Å². The molecular formula is C24H25N3O4S. The van der Waals surface area contributed by atoms with Crippen molar-refractivity contribution in [1.29, 1.82) is 5.26 Å². The molecule has 32 heavy (non-hydrogen) atoms. The molecule has 2 aliphatic heterocycles. The zero-order valence-corrected chi connectivity index (χ0v) is 18.5. The van der Waals surface area contributed by atoms with Gasteiger partial charge in [0.2, 0.25) is 5.91 Å². The van der Waals surface area contributed by atoms with Gasteiger partial charge in [-0.05, 0) is 56.3 Å². The van der Waals surface area contributed by atoms with Crippen molar-refractivity contribution in [2.75, 3.05) is 43.9 Å². The third kappa shape index (κ3) is 5.42. The molecule has 166 valence electrons. The maximum absolute atomic E-state index is 13.0. The Morgan fingerprint density at radius 3 is 2.62 bits per heavy atom. The first-order chi connectivity index (χ1) is 15.6. The van der Waals surface area contributed by atoms with Gasteiger partial charge in [-0.3, -0.25) is 14.5 Å². The van der Waals surface area contributed by atoms with Gasteiger partial charge in [0, 0.05) is 16.4 Å². The lowest BCUT2D eigenvalue weighted by Crippen LogP contribution is -2.40. The van der Waals surface area contributed by atoms with Gasteiger partial charge in [0.05, 0.1) is 24.1 Å². The molecule has 2 aromatic carbocycles. The molecule has 1 amide bonds. The van der Waals surface area contributed by atoms with E-state index in [1.54, 1.807) is 18.2 Å². The van der Waals surface area contributed by atoms with Gasteiger partial charge in [0.25, 0.3) is 0 Å². The Morgan fingerprint density at radius 1 is 1.09 bits per heavy atom. The summed E-state index contributed by atoms with van der Waals surface area (Å²) in [4.78, 5) is 28.5.